The van der Waals surface area contributed by atoms with E-state index >= 15 is 0 Å². The van der Waals surface area contributed by atoms with E-state index in [4.69, 9.17) is 0 Å². The van der Waals surface area contributed by atoms with Gasteiger partial charge in [-0.05, 0) is 26.0 Å². The zero-order chi connectivity index (χ0) is 20.1. The lowest BCUT2D eigenvalue weighted by molar-refractivity contribution is -0.328. The molecule has 25 heavy (non-hydrogen) atoms. The molecule has 0 bridgehead atoms. The Balaban J connectivity index is 3.54. The van der Waals surface area contributed by atoms with Gasteiger partial charge < -0.3 is 5.32 Å². The first-order valence-electron chi connectivity index (χ1n) is 6.85. The molecule has 0 fully saturated rings. The maximum absolute atomic E-state index is 14.3. The molecule has 146 valence electrons. The first-order chi connectivity index (χ1) is 10.9. The van der Waals surface area contributed by atoms with Crippen molar-refractivity contribution in [3.63, 3.8) is 0 Å². The van der Waals surface area contributed by atoms with E-state index in [1.165, 1.54) is 6.92 Å². The minimum atomic E-state index is -6.30. The molecule has 2 unspecified atom stereocenters. The summed E-state index contributed by atoms with van der Waals surface area (Å²) in [6, 6.07) is 0. The van der Waals surface area contributed by atoms with Crippen LogP contribution in [0.2, 0.25) is 0 Å². The second kappa shape index (κ2) is 6.43. The van der Waals surface area contributed by atoms with Gasteiger partial charge in [0.05, 0.1) is 10.9 Å². The Kier molecular flexibility index (Phi) is 5.73. The van der Waals surface area contributed by atoms with Crippen LogP contribution in [0.25, 0.3) is 0 Å². The number of rotatable bonds is 4. The van der Waals surface area contributed by atoms with Gasteiger partial charge in [-0.15, -0.1) is 0 Å². The first kappa shape index (κ1) is 22.3. The molecular formula is C13H15BrF7NO2S. The molecule has 0 aromatic carbocycles. The summed E-state index contributed by atoms with van der Waals surface area (Å²) in [5, 5.41) is 0.284. The van der Waals surface area contributed by atoms with Crippen molar-refractivity contribution in [1.82, 2.24) is 5.32 Å². The Morgan fingerprint density at radius 1 is 1.16 bits per heavy atom. The lowest BCUT2D eigenvalue weighted by Crippen LogP contribution is -2.62. The maximum Gasteiger partial charge on any atom is 0.437 e. The predicted molar refractivity (Wildman–Crippen MR) is 81.5 cm³/mol. The molecule has 1 aliphatic heterocycles. The fraction of sp³-hybridized carbons (Fsp3) is 0.692. The van der Waals surface area contributed by atoms with Gasteiger partial charge >= 0.3 is 18.0 Å². The zero-order valence-electron chi connectivity index (χ0n) is 13.2. The number of halogens is 8. The van der Waals surface area contributed by atoms with Gasteiger partial charge in [0.1, 0.15) is 4.45 Å². The number of sulfone groups is 1. The molecule has 0 radical (unpaired) electrons. The molecule has 1 heterocycles. The summed E-state index contributed by atoms with van der Waals surface area (Å²) in [5.74, 6) is -0.408. The lowest BCUT2D eigenvalue weighted by Gasteiger charge is -2.41. The third-order valence-corrected chi connectivity index (χ3v) is 7.49. The highest BCUT2D eigenvalue weighted by Gasteiger charge is 2.75. The van der Waals surface area contributed by atoms with Crippen molar-refractivity contribution in [3.8, 4) is 0 Å². The van der Waals surface area contributed by atoms with Crippen LogP contribution >= 0.6 is 15.9 Å². The highest BCUT2D eigenvalue weighted by atomic mass is 79.9. The first-order valence-corrected chi connectivity index (χ1v) is 9.36. The van der Waals surface area contributed by atoms with E-state index in [0.29, 0.717) is 6.08 Å². The predicted octanol–water partition coefficient (Wildman–Crippen LogP) is 4.17. The molecule has 12 heteroatoms. The van der Waals surface area contributed by atoms with Crippen LogP contribution < -0.4 is 5.32 Å². The van der Waals surface area contributed by atoms with E-state index in [1.54, 1.807) is 5.32 Å². The molecular weight excluding hydrogens is 447 g/mol. The molecule has 1 N–H and O–H groups in total. The fourth-order valence-electron chi connectivity index (χ4n) is 2.26. The van der Waals surface area contributed by atoms with Gasteiger partial charge in [-0.3, -0.25) is 0 Å². The van der Waals surface area contributed by atoms with Gasteiger partial charge in [0.15, 0.2) is 9.84 Å². The average molecular weight is 462 g/mol. The molecule has 3 nitrogen and oxygen atoms in total. The van der Waals surface area contributed by atoms with Crippen LogP contribution in [-0.4, -0.2) is 41.9 Å². The monoisotopic (exact) mass is 461 g/mol. The SMILES string of the molecule is CCS(=O)(=O)C(C)C1(Br)C=C(C)C=C(C(F)(C(F)(F)F)C(F)(F)F)N1. The molecule has 0 spiro atoms. The number of alkyl halides is 8. The van der Waals surface area contributed by atoms with E-state index in [2.05, 4.69) is 15.9 Å². The molecule has 1 aliphatic rings. The molecule has 0 saturated heterocycles. The standard InChI is InChI=1S/C13H15BrF7NO2S/c1-4-25(23,24)8(3)10(14)6-7(2)5-9(22-10)11(15,12(16,17)18)13(19,20)21/h5-6,8,22H,4H2,1-3H3. The minimum Gasteiger partial charge on any atom is -0.366 e. The van der Waals surface area contributed by atoms with E-state index in [0.717, 1.165) is 19.9 Å². The van der Waals surface area contributed by atoms with Crippen molar-refractivity contribution in [2.24, 2.45) is 0 Å². The van der Waals surface area contributed by atoms with Crippen LogP contribution in [0.1, 0.15) is 20.8 Å². The van der Waals surface area contributed by atoms with Crippen molar-refractivity contribution in [2.75, 3.05) is 5.75 Å². The van der Waals surface area contributed by atoms with Crippen LogP contribution in [0.15, 0.2) is 23.4 Å². The van der Waals surface area contributed by atoms with Crippen molar-refractivity contribution >= 4 is 25.8 Å². The van der Waals surface area contributed by atoms with E-state index in [1.807, 2.05) is 0 Å². The quantitative estimate of drug-likeness (QED) is 0.388. The van der Waals surface area contributed by atoms with Gasteiger partial charge in [-0.25, -0.2) is 12.8 Å². The van der Waals surface area contributed by atoms with Gasteiger partial charge in [-0.1, -0.05) is 28.4 Å². The summed E-state index contributed by atoms with van der Waals surface area (Å²) in [5.41, 5.74) is -7.67. The van der Waals surface area contributed by atoms with Crippen LogP contribution in [0, 0.1) is 0 Å². The van der Waals surface area contributed by atoms with Crippen molar-refractivity contribution in [2.45, 2.75) is 48.5 Å². The largest absolute Gasteiger partial charge is 0.437 e. The number of hydrogen-bond acceptors (Lipinski definition) is 3. The molecule has 0 aliphatic carbocycles. The van der Waals surface area contributed by atoms with E-state index in [-0.39, 0.29) is 5.57 Å². The number of nitrogens with one attached hydrogen (secondary N) is 1. The Labute approximate surface area is 148 Å². The zero-order valence-corrected chi connectivity index (χ0v) is 15.6. The Bertz CT molecular complexity index is 682. The average Bonchev–Trinajstić information content (AvgIpc) is 2.42. The van der Waals surface area contributed by atoms with Gasteiger partial charge in [-0.2, -0.15) is 26.3 Å². The van der Waals surface area contributed by atoms with Crippen LogP contribution in [0.4, 0.5) is 30.7 Å². The maximum atomic E-state index is 14.3. The Morgan fingerprint density at radius 3 is 1.96 bits per heavy atom. The van der Waals surface area contributed by atoms with Gasteiger partial charge in [0, 0.05) is 5.75 Å². The molecule has 0 aromatic rings. The molecule has 2 atom stereocenters. The molecule has 0 amide bonds. The topological polar surface area (TPSA) is 46.2 Å². The second-order valence-electron chi connectivity index (χ2n) is 5.59. The molecule has 0 aromatic heterocycles. The minimum absolute atomic E-state index is 0.167. The van der Waals surface area contributed by atoms with Crippen molar-refractivity contribution < 1.29 is 39.2 Å². The third-order valence-electron chi connectivity index (χ3n) is 3.82. The number of hydrogen-bond donors (Lipinski definition) is 1. The highest BCUT2D eigenvalue weighted by Crippen LogP contribution is 2.51. The Hall–Kier alpha value is -0.780. The van der Waals surface area contributed by atoms with Crippen LogP contribution in [-0.2, 0) is 9.84 Å². The van der Waals surface area contributed by atoms with Crippen LogP contribution in [0.3, 0.4) is 0 Å². The van der Waals surface area contributed by atoms with Gasteiger partial charge in [0.25, 0.3) is 0 Å². The molecule has 0 saturated carbocycles. The number of dihydropyridines is 1. The summed E-state index contributed by atoms with van der Waals surface area (Å²) in [7, 11) is -3.89. The van der Waals surface area contributed by atoms with E-state index < -0.39 is 49.0 Å². The summed E-state index contributed by atoms with van der Waals surface area (Å²) < 4.78 is 114. The van der Waals surface area contributed by atoms with Crippen LogP contribution in [0.5, 0.6) is 0 Å². The third kappa shape index (κ3) is 3.83. The van der Waals surface area contributed by atoms with Gasteiger partial charge in [0.2, 0.25) is 0 Å². The van der Waals surface area contributed by atoms with Crippen molar-refractivity contribution in [3.05, 3.63) is 23.4 Å². The highest BCUT2D eigenvalue weighted by molar-refractivity contribution is 9.10. The normalized spacial score (nSPS) is 24.3. The lowest BCUT2D eigenvalue weighted by atomic mass is 9.93. The van der Waals surface area contributed by atoms with Crippen molar-refractivity contribution in [1.29, 1.82) is 0 Å². The summed E-state index contributed by atoms with van der Waals surface area (Å²) in [4.78, 5) is 0. The smallest absolute Gasteiger partial charge is 0.366 e. The second-order valence-corrected chi connectivity index (χ2v) is 9.51. The summed E-state index contributed by atoms with van der Waals surface area (Å²) in [6.45, 7) is 3.49. The number of allylic oxidation sites excluding steroid dienone is 3. The summed E-state index contributed by atoms with van der Waals surface area (Å²) >= 11 is 2.84. The Morgan fingerprint density at radius 2 is 1.60 bits per heavy atom. The molecule has 1 rings (SSSR count). The van der Waals surface area contributed by atoms with E-state index in [9.17, 15) is 39.2 Å². The fourth-order valence-corrected chi connectivity index (χ4v) is 4.84. The summed E-state index contributed by atoms with van der Waals surface area (Å²) in [6.07, 6.45) is -11.2.